The molecule has 2 aromatic rings. The van der Waals surface area contributed by atoms with Gasteiger partial charge in [0.2, 0.25) is 5.95 Å². The van der Waals surface area contributed by atoms with E-state index in [0.29, 0.717) is 0 Å². The molecule has 1 saturated carbocycles. The molecule has 2 N–H and O–H groups in total. The van der Waals surface area contributed by atoms with Crippen molar-refractivity contribution in [3.8, 4) is 0 Å². The summed E-state index contributed by atoms with van der Waals surface area (Å²) < 4.78 is 40.7. The van der Waals surface area contributed by atoms with E-state index in [1.165, 1.54) is 0 Å². The van der Waals surface area contributed by atoms with Crippen molar-refractivity contribution in [1.82, 2.24) is 14.6 Å². The summed E-state index contributed by atoms with van der Waals surface area (Å²) in [5.74, 6) is -4.90. The fraction of sp³-hybridized carbons (Fsp3) is 0.333. The molecule has 1 fully saturated rings. The first kappa shape index (κ1) is 10.6. The summed E-state index contributed by atoms with van der Waals surface area (Å²) in [6, 6.07) is 0. The summed E-state index contributed by atoms with van der Waals surface area (Å²) in [6.45, 7) is 0. The van der Waals surface area contributed by atoms with Crippen molar-refractivity contribution in [2.45, 2.75) is 18.3 Å². The van der Waals surface area contributed by atoms with Crippen molar-refractivity contribution in [2.24, 2.45) is 0 Å². The molecule has 0 aromatic carbocycles. The van der Waals surface area contributed by atoms with Gasteiger partial charge in [-0.25, -0.2) is 22.7 Å². The first-order chi connectivity index (χ1) is 7.92. The molecule has 0 amide bonds. The van der Waals surface area contributed by atoms with Gasteiger partial charge in [0, 0.05) is 6.42 Å². The normalized spacial score (nSPS) is 22.0. The van der Waals surface area contributed by atoms with Crippen LogP contribution in [0.5, 0.6) is 0 Å². The Kier molecular flexibility index (Phi) is 1.90. The lowest BCUT2D eigenvalue weighted by Gasteiger charge is -2.01. The summed E-state index contributed by atoms with van der Waals surface area (Å²) in [7, 11) is 0. The number of hydrogen-bond donors (Lipinski definition) is 1. The molecule has 17 heavy (non-hydrogen) atoms. The molecule has 1 atom stereocenters. The Hall–Kier alpha value is -1.50. The van der Waals surface area contributed by atoms with Gasteiger partial charge in [0.1, 0.15) is 10.5 Å². The SMILES string of the molecule is Nc1ncc2c(F)c(Cl)c(C3CC3(F)F)n2n1. The lowest BCUT2D eigenvalue weighted by atomic mass is 10.3. The van der Waals surface area contributed by atoms with Crippen LogP contribution in [-0.4, -0.2) is 20.5 Å². The lowest BCUT2D eigenvalue weighted by Crippen LogP contribution is -2.05. The zero-order valence-electron chi connectivity index (χ0n) is 8.29. The van der Waals surface area contributed by atoms with E-state index < -0.39 is 17.7 Å². The lowest BCUT2D eigenvalue weighted by molar-refractivity contribution is 0.111. The Labute approximate surface area is 98.2 Å². The van der Waals surface area contributed by atoms with Crippen LogP contribution in [0.1, 0.15) is 18.0 Å². The quantitative estimate of drug-likeness (QED) is 0.857. The molecular formula is C9H6ClF3N4. The van der Waals surface area contributed by atoms with Crippen molar-refractivity contribution < 1.29 is 13.2 Å². The molecule has 8 heteroatoms. The molecule has 1 unspecified atom stereocenters. The maximum Gasteiger partial charge on any atom is 0.257 e. The maximum absolute atomic E-state index is 13.7. The molecule has 2 heterocycles. The smallest absolute Gasteiger partial charge is 0.257 e. The second-order valence-corrected chi connectivity index (χ2v) is 4.32. The maximum atomic E-state index is 13.7. The van der Waals surface area contributed by atoms with Crippen LogP contribution in [0.3, 0.4) is 0 Å². The molecule has 0 aliphatic heterocycles. The average Bonchev–Trinajstić information content (AvgIpc) is 2.79. The number of halogens is 4. The van der Waals surface area contributed by atoms with Crippen LogP contribution in [-0.2, 0) is 0 Å². The second-order valence-electron chi connectivity index (χ2n) is 3.94. The van der Waals surface area contributed by atoms with Gasteiger partial charge in [-0.15, -0.1) is 5.10 Å². The molecular weight excluding hydrogens is 257 g/mol. The first-order valence-electron chi connectivity index (χ1n) is 4.78. The van der Waals surface area contributed by atoms with Gasteiger partial charge >= 0.3 is 0 Å². The van der Waals surface area contributed by atoms with Gasteiger partial charge in [-0.05, 0) is 0 Å². The van der Waals surface area contributed by atoms with E-state index in [2.05, 4.69) is 10.1 Å². The molecule has 0 radical (unpaired) electrons. The number of alkyl halides is 2. The molecule has 90 valence electrons. The highest BCUT2D eigenvalue weighted by Gasteiger charge is 2.60. The van der Waals surface area contributed by atoms with Crippen LogP contribution in [0.2, 0.25) is 5.02 Å². The monoisotopic (exact) mass is 262 g/mol. The van der Waals surface area contributed by atoms with E-state index in [4.69, 9.17) is 17.3 Å². The first-order valence-corrected chi connectivity index (χ1v) is 5.15. The molecule has 0 saturated heterocycles. The Morgan fingerprint density at radius 2 is 2.18 bits per heavy atom. The number of nitrogen functional groups attached to an aromatic ring is 1. The predicted octanol–water partition coefficient (Wildman–Crippen LogP) is 2.23. The van der Waals surface area contributed by atoms with E-state index in [0.717, 1.165) is 10.7 Å². The van der Waals surface area contributed by atoms with Gasteiger partial charge in [-0.3, -0.25) is 0 Å². The third-order valence-electron chi connectivity index (χ3n) is 2.78. The standard InChI is InChI=1S/C9H6ClF3N4/c10-5-6(11)4-2-15-8(14)16-17(4)7(5)3-1-9(3,12)13/h2-3H,1H2,(H2,14,16). The third-order valence-corrected chi connectivity index (χ3v) is 3.14. The average molecular weight is 263 g/mol. The highest BCUT2D eigenvalue weighted by atomic mass is 35.5. The minimum absolute atomic E-state index is 0.0433. The minimum atomic E-state index is -2.86. The van der Waals surface area contributed by atoms with Crippen molar-refractivity contribution in [2.75, 3.05) is 5.73 Å². The molecule has 4 nitrogen and oxygen atoms in total. The van der Waals surface area contributed by atoms with Crippen LogP contribution >= 0.6 is 11.6 Å². The Bertz CT molecular complexity index is 624. The predicted molar refractivity (Wildman–Crippen MR) is 54.7 cm³/mol. The number of rotatable bonds is 1. The van der Waals surface area contributed by atoms with E-state index >= 15 is 0 Å². The summed E-state index contributed by atoms with van der Waals surface area (Å²) >= 11 is 5.71. The zero-order valence-corrected chi connectivity index (χ0v) is 9.05. The summed E-state index contributed by atoms with van der Waals surface area (Å²) in [5.41, 5.74) is 5.25. The van der Waals surface area contributed by atoms with Gasteiger partial charge < -0.3 is 5.73 Å². The third kappa shape index (κ3) is 1.38. The number of aromatic nitrogens is 3. The summed E-state index contributed by atoms with van der Waals surface area (Å²) in [6.07, 6.45) is 0.760. The van der Waals surface area contributed by atoms with Gasteiger partial charge in [-0.1, -0.05) is 11.6 Å². The molecule has 3 rings (SSSR count). The van der Waals surface area contributed by atoms with E-state index in [1.54, 1.807) is 0 Å². The van der Waals surface area contributed by atoms with Crippen LogP contribution in [0.15, 0.2) is 6.20 Å². The molecule has 0 spiro atoms. The fourth-order valence-electron chi connectivity index (χ4n) is 1.83. The largest absolute Gasteiger partial charge is 0.367 e. The van der Waals surface area contributed by atoms with Crippen molar-refractivity contribution in [3.63, 3.8) is 0 Å². The molecule has 1 aliphatic rings. The topological polar surface area (TPSA) is 56.2 Å². The minimum Gasteiger partial charge on any atom is -0.367 e. The Morgan fingerprint density at radius 3 is 2.76 bits per heavy atom. The van der Waals surface area contributed by atoms with Crippen LogP contribution in [0, 0.1) is 5.82 Å². The van der Waals surface area contributed by atoms with Crippen LogP contribution < -0.4 is 5.73 Å². The number of nitrogens with zero attached hydrogens (tertiary/aromatic N) is 3. The molecule has 0 bridgehead atoms. The Morgan fingerprint density at radius 1 is 1.53 bits per heavy atom. The van der Waals surface area contributed by atoms with Gasteiger partial charge in [-0.2, -0.15) is 0 Å². The molecule has 1 aliphatic carbocycles. The summed E-state index contributed by atoms with van der Waals surface area (Å²) in [5, 5.41) is 3.37. The van der Waals surface area contributed by atoms with Crippen molar-refractivity contribution >= 4 is 23.1 Å². The molecule has 2 aromatic heterocycles. The zero-order chi connectivity index (χ0) is 12.4. The second kappa shape index (κ2) is 3.04. The number of anilines is 1. The van der Waals surface area contributed by atoms with Gasteiger partial charge in [0.25, 0.3) is 5.92 Å². The van der Waals surface area contributed by atoms with Crippen molar-refractivity contribution in [3.05, 3.63) is 22.7 Å². The fourth-order valence-corrected chi connectivity index (χ4v) is 2.13. The summed E-state index contributed by atoms with van der Waals surface area (Å²) in [4.78, 5) is 3.60. The van der Waals surface area contributed by atoms with Gasteiger partial charge in [0.05, 0.1) is 17.8 Å². The van der Waals surface area contributed by atoms with Crippen LogP contribution in [0.25, 0.3) is 5.52 Å². The highest BCUT2D eigenvalue weighted by molar-refractivity contribution is 6.32. The number of hydrogen-bond acceptors (Lipinski definition) is 3. The Balaban J connectivity index is 2.30. The van der Waals surface area contributed by atoms with E-state index in [1.807, 2.05) is 0 Å². The van der Waals surface area contributed by atoms with Crippen molar-refractivity contribution in [1.29, 1.82) is 0 Å². The van der Waals surface area contributed by atoms with Crippen LogP contribution in [0.4, 0.5) is 19.1 Å². The van der Waals surface area contributed by atoms with E-state index in [9.17, 15) is 13.2 Å². The van der Waals surface area contributed by atoms with E-state index in [-0.39, 0.29) is 28.6 Å². The number of nitrogens with two attached hydrogens (primary N) is 1. The van der Waals surface area contributed by atoms with Gasteiger partial charge in [0.15, 0.2) is 5.82 Å². The number of fused-ring (bicyclic) bond motifs is 1. The highest BCUT2D eigenvalue weighted by Crippen LogP contribution is 2.57.